The van der Waals surface area contributed by atoms with Gasteiger partial charge in [0.1, 0.15) is 29.0 Å². The van der Waals surface area contributed by atoms with Crippen molar-refractivity contribution in [3.63, 3.8) is 0 Å². The van der Waals surface area contributed by atoms with E-state index in [9.17, 15) is 17.6 Å². The molecule has 2 aromatic carbocycles. The van der Waals surface area contributed by atoms with E-state index >= 15 is 0 Å². The van der Waals surface area contributed by atoms with E-state index in [0.717, 1.165) is 17.8 Å². The van der Waals surface area contributed by atoms with Gasteiger partial charge in [-0.2, -0.15) is 5.21 Å². The molecular formula is C28H19F4InN7+3. The molecule has 0 bridgehead atoms. The normalized spacial score (nSPS) is 9.80. The van der Waals surface area contributed by atoms with E-state index in [-0.39, 0.29) is 25.8 Å². The molecule has 0 aliphatic rings. The molecule has 6 rings (SSSR count). The maximum Gasteiger partial charge on any atom is 3.00 e. The van der Waals surface area contributed by atoms with Gasteiger partial charge >= 0.3 is 25.8 Å². The molecule has 0 atom stereocenters. The maximum atomic E-state index is 13.3. The third kappa shape index (κ3) is 8.53. The fourth-order valence-corrected chi connectivity index (χ4v) is 3.20. The molecule has 0 unspecified atom stereocenters. The SMILES string of the molecule is Fc1ccc(-c2ccccn2)c(F)c1.Fc1ccc(-c2ccccn2)c(F)c1.[In+3].c1ccc(-c2nn[nH]n2)nc1. The van der Waals surface area contributed by atoms with E-state index < -0.39 is 23.3 Å². The van der Waals surface area contributed by atoms with Gasteiger partial charge in [0.2, 0.25) is 5.82 Å². The van der Waals surface area contributed by atoms with Gasteiger partial charge in [0.05, 0.1) is 11.4 Å². The van der Waals surface area contributed by atoms with Gasteiger partial charge in [-0.1, -0.05) is 18.2 Å². The van der Waals surface area contributed by atoms with E-state index in [1.807, 2.05) is 18.2 Å². The minimum atomic E-state index is -0.594. The van der Waals surface area contributed by atoms with Crippen LogP contribution in [0.5, 0.6) is 0 Å². The van der Waals surface area contributed by atoms with Gasteiger partial charge in [0.25, 0.3) is 0 Å². The van der Waals surface area contributed by atoms with Crippen molar-refractivity contribution in [3.8, 4) is 34.0 Å². The number of hydrogen-bond donors (Lipinski definition) is 1. The standard InChI is InChI=1S/2C11H7F2N.C6H5N5.In/c2*12-8-4-5-9(10(13)7-8)11-3-1-2-6-14-11;1-2-4-7-5(3-1)6-8-10-11-9-6;/h2*1-7H;1-4H,(H,8,9,10,11);/q;;;+3. The largest absolute Gasteiger partial charge is 3.00 e. The van der Waals surface area contributed by atoms with E-state index in [4.69, 9.17) is 0 Å². The number of benzene rings is 2. The third-order valence-corrected chi connectivity index (χ3v) is 4.98. The number of hydrogen-bond acceptors (Lipinski definition) is 6. The van der Waals surface area contributed by atoms with Crippen LogP contribution in [0, 0.1) is 23.3 Å². The summed E-state index contributed by atoms with van der Waals surface area (Å²) in [5, 5.41) is 13.3. The van der Waals surface area contributed by atoms with Crippen molar-refractivity contribution >= 4 is 25.8 Å². The molecule has 0 fully saturated rings. The topological polar surface area (TPSA) is 93.1 Å². The molecule has 4 aromatic heterocycles. The molecule has 4 heterocycles. The van der Waals surface area contributed by atoms with Crippen LogP contribution in [0.25, 0.3) is 34.0 Å². The molecule has 0 radical (unpaired) electrons. The predicted molar refractivity (Wildman–Crippen MR) is 142 cm³/mol. The van der Waals surface area contributed by atoms with Gasteiger partial charge < -0.3 is 0 Å². The van der Waals surface area contributed by atoms with Gasteiger partial charge in [-0.25, -0.2) is 17.6 Å². The van der Waals surface area contributed by atoms with Gasteiger partial charge in [-0.05, 0) is 65.9 Å². The smallest absolute Gasteiger partial charge is 0.256 e. The molecule has 0 aliphatic carbocycles. The van der Waals surface area contributed by atoms with Crippen LogP contribution in [0.3, 0.4) is 0 Å². The summed E-state index contributed by atoms with van der Waals surface area (Å²) in [6, 6.07) is 22.8. The van der Waals surface area contributed by atoms with Crippen LogP contribution in [0.4, 0.5) is 17.6 Å². The first-order chi connectivity index (χ1) is 19.0. The Labute approximate surface area is 245 Å². The van der Waals surface area contributed by atoms with E-state index in [0.29, 0.717) is 28.3 Å². The molecule has 0 aliphatic heterocycles. The Morgan fingerprint density at radius 2 is 0.975 bits per heavy atom. The first kappa shape index (κ1) is 30.1. The van der Waals surface area contributed by atoms with E-state index in [1.54, 1.807) is 55.0 Å². The number of nitrogens with one attached hydrogen (secondary N) is 1. The van der Waals surface area contributed by atoms with Crippen LogP contribution < -0.4 is 0 Å². The van der Waals surface area contributed by atoms with Crippen LogP contribution >= 0.6 is 0 Å². The van der Waals surface area contributed by atoms with Crippen LogP contribution in [0.2, 0.25) is 0 Å². The molecule has 7 nitrogen and oxygen atoms in total. The zero-order valence-electron chi connectivity index (χ0n) is 20.7. The number of nitrogens with zero attached hydrogens (tertiary/aromatic N) is 6. The van der Waals surface area contributed by atoms with Crippen molar-refractivity contribution in [1.29, 1.82) is 0 Å². The number of H-pyrrole nitrogens is 1. The number of tetrazole rings is 1. The van der Waals surface area contributed by atoms with Gasteiger partial charge in [0, 0.05) is 41.9 Å². The van der Waals surface area contributed by atoms with Crippen molar-refractivity contribution in [3.05, 3.63) is 133 Å². The van der Waals surface area contributed by atoms with Crippen molar-refractivity contribution in [2.45, 2.75) is 0 Å². The van der Waals surface area contributed by atoms with Crippen molar-refractivity contribution in [2.24, 2.45) is 0 Å². The second-order valence-electron chi connectivity index (χ2n) is 7.63. The van der Waals surface area contributed by atoms with Crippen molar-refractivity contribution < 1.29 is 17.6 Å². The molecule has 194 valence electrons. The fourth-order valence-electron chi connectivity index (χ4n) is 3.20. The number of rotatable bonds is 3. The average Bonchev–Trinajstić information content (AvgIpc) is 3.51. The minimum absolute atomic E-state index is 0. The second-order valence-corrected chi connectivity index (χ2v) is 7.63. The number of aromatic amines is 1. The van der Waals surface area contributed by atoms with Gasteiger partial charge in [-0.15, -0.1) is 10.2 Å². The van der Waals surface area contributed by atoms with Crippen molar-refractivity contribution in [2.75, 3.05) is 0 Å². The molecule has 0 amide bonds. The zero-order valence-corrected chi connectivity index (χ0v) is 24.0. The van der Waals surface area contributed by atoms with E-state index in [2.05, 4.69) is 35.6 Å². The van der Waals surface area contributed by atoms with E-state index in [1.165, 1.54) is 24.3 Å². The quantitative estimate of drug-likeness (QED) is 0.240. The monoisotopic (exact) mass is 644 g/mol. The summed E-state index contributed by atoms with van der Waals surface area (Å²) in [6.45, 7) is 0. The molecule has 12 heteroatoms. The fraction of sp³-hybridized carbons (Fsp3) is 0. The third-order valence-electron chi connectivity index (χ3n) is 4.98. The Bertz CT molecular complexity index is 1510. The average molecular weight is 644 g/mol. The van der Waals surface area contributed by atoms with Gasteiger partial charge in [-0.3, -0.25) is 15.0 Å². The summed E-state index contributed by atoms with van der Waals surface area (Å²) in [4.78, 5) is 12.0. The summed E-state index contributed by atoms with van der Waals surface area (Å²) >= 11 is 0. The second kappa shape index (κ2) is 15.2. The molecule has 1 N–H and O–H groups in total. The van der Waals surface area contributed by atoms with Crippen LogP contribution in [0.15, 0.2) is 110 Å². The Morgan fingerprint density at radius 1 is 0.525 bits per heavy atom. The first-order valence-electron chi connectivity index (χ1n) is 11.4. The van der Waals surface area contributed by atoms with Gasteiger partial charge in [0.15, 0.2) is 0 Å². The molecule has 40 heavy (non-hydrogen) atoms. The number of aromatic nitrogens is 7. The zero-order chi connectivity index (χ0) is 27.5. The summed E-state index contributed by atoms with van der Waals surface area (Å²) in [6.07, 6.45) is 4.82. The maximum absolute atomic E-state index is 13.3. The Morgan fingerprint density at radius 3 is 1.32 bits per heavy atom. The molecule has 0 saturated carbocycles. The van der Waals surface area contributed by atoms with Crippen molar-refractivity contribution in [1.82, 2.24) is 35.6 Å². The van der Waals surface area contributed by atoms with Crippen LogP contribution in [-0.4, -0.2) is 61.4 Å². The molecule has 0 spiro atoms. The summed E-state index contributed by atoms with van der Waals surface area (Å²) in [5.41, 5.74) is 2.36. The van der Waals surface area contributed by atoms with Crippen LogP contribution in [0.1, 0.15) is 0 Å². The molecule has 6 aromatic rings. The number of pyridine rings is 3. The Kier molecular flexibility index (Phi) is 11.5. The van der Waals surface area contributed by atoms with Crippen LogP contribution in [-0.2, 0) is 0 Å². The number of halogens is 4. The minimum Gasteiger partial charge on any atom is -0.256 e. The molecular weight excluding hydrogens is 625 g/mol. The Hall–Kier alpha value is -4.45. The Balaban J connectivity index is 0.000000165. The first-order valence-corrected chi connectivity index (χ1v) is 11.4. The summed E-state index contributed by atoms with van der Waals surface area (Å²) in [5.74, 6) is -1.83. The molecule has 0 saturated heterocycles. The summed E-state index contributed by atoms with van der Waals surface area (Å²) in [7, 11) is 0. The summed E-state index contributed by atoms with van der Waals surface area (Å²) < 4.78 is 51.7. The predicted octanol–water partition coefficient (Wildman–Crippen LogP) is 5.93.